The number of nitrogens with zero attached hydrogens (tertiary/aromatic N) is 2. The van der Waals surface area contributed by atoms with E-state index < -0.39 is 17.6 Å². The number of halogens is 4. The van der Waals surface area contributed by atoms with E-state index in [0.29, 0.717) is 12.4 Å². The van der Waals surface area contributed by atoms with Crippen LogP contribution in [0.1, 0.15) is 18.3 Å². The van der Waals surface area contributed by atoms with Gasteiger partial charge >= 0.3 is 6.18 Å². The highest BCUT2D eigenvalue weighted by atomic mass is 19.4. The first-order chi connectivity index (χ1) is 9.25. The highest BCUT2D eigenvalue weighted by Gasteiger charge is 2.34. The van der Waals surface area contributed by atoms with Gasteiger partial charge < -0.3 is 10.3 Å². The zero-order valence-corrected chi connectivity index (χ0v) is 10.9. The van der Waals surface area contributed by atoms with Gasteiger partial charge in [-0.3, -0.25) is 0 Å². The number of hydrogen-bond acceptors (Lipinski definition) is 2. The summed E-state index contributed by atoms with van der Waals surface area (Å²) in [5, 5.41) is 0. The molecule has 0 unspecified atom stereocenters. The summed E-state index contributed by atoms with van der Waals surface area (Å²) in [6.45, 7) is 4.11. The monoisotopic (exact) mass is 287 g/mol. The van der Waals surface area contributed by atoms with Crippen LogP contribution in [-0.2, 0) is 12.7 Å². The van der Waals surface area contributed by atoms with E-state index in [9.17, 15) is 17.6 Å². The van der Waals surface area contributed by atoms with Crippen molar-refractivity contribution in [1.82, 2.24) is 9.55 Å². The molecule has 0 aliphatic rings. The predicted molar refractivity (Wildman–Crippen MR) is 67.4 cm³/mol. The molecule has 2 aromatic rings. The maximum atomic E-state index is 13.3. The molecule has 2 rings (SSSR count). The molecule has 0 aliphatic carbocycles. The molecule has 2 N–H and O–H groups in total. The summed E-state index contributed by atoms with van der Waals surface area (Å²) in [5.74, 6) is -0.450. The Hall–Kier alpha value is -2.05. The summed E-state index contributed by atoms with van der Waals surface area (Å²) in [4.78, 5) is 4.15. The van der Waals surface area contributed by atoms with E-state index in [1.165, 1.54) is 6.07 Å². The predicted octanol–water partition coefficient (Wildman–Crippen LogP) is 3.62. The maximum absolute atomic E-state index is 13.3. The molecular weight excluding hydrogens is 274 g/mol. The average molecular weight is 287 g/mol. The Morgan fingerprint density at radius 3 is 2.45 bits per heavy atom. The summed E-state index contributed by atoms with van der Waals surface area (Å²) < 4.78 is 53.0. The summed E-state index contributed by atoms with van der Waals surface area (Å²) in [6, 6.07) is 2.74. The molecule has 0 aliphatic heterocycles. The fourth-order valence-corrected chi connectivity index (χ4v) is 2.08. The van der Waals surface area contributed by atoms with Crippen LogP contribution in [0.2, 0.25) is 0 Å². The second-order valence-corrected chi connectivity index (χ2v) is 4.33. The third-order valence-corrected chi connectivity index (χ3v) is 3.06. The van der Waals surface area contributed by atoms with Gasteiger partial charge in [0.1, 0.15) is 23.2 Å². The van der Waals surface area contributed by atoms with Crippen molar-refractivity contribution in [3.05, 3.63) is 35.4 Å². The van der Waals surface area contributed by atoms with Crippen molar-refractivity contribution >= 4 is 5.82 Å². The number of benzene rings is 1. The number of imidazole rings is 1. The Balaban J connectivity index is 2.60. The van der Waals surface area contributed by atoms with E-state index in [1.807, 2.05) is 6.92 Å². The molecule has 1 aromatic carbocycles. The van der Waals surface area contributed by atoms with Gasteiger partial charge in [-0.2, -0.15) is 13.2 Å². The Labute approximate surface area is 113 Å². The molecule has 1 heterocycles. The highest BCUT2D eigenvalue weighted by Crippen LogP contribution is 2.35. The van der Waals surface area contributed by atoms with Crippen LogP contribution in [0.3, 0.4) is 0 Å². The minimum atomic E-state index is -4.75. The normalized spacial score (nSPS) is 11.9. The fourth-order valence-electron chi connectivity index (χ4n) is 2.08. The van der Waals surface area contributed by atoms with Crippen LogP contribution in [0, 0.1) is 12.7 Å². The molecule has 0 bridgehead atoms. The lowest BCUT2D eigenvalue weighted by atomic mass is 10.1. The molecule has 0 saturated carbocycles. The van der Waals surface area contributed by atoms with Crippen molar-refractivity contribution in [2.45, 2.75) is 26.6 Å². The second kappa shape index (κ2) is 4.81. The molecule has 0 amide bonds. The lowest BCUT2D eigenvalue weighted by molar-refractivity contribution is -0.139. The van der Waals surface area contributed by atoms with Gasteiger partial charge in [0.05, 0.1) is 5.56 Å². The zero-order chi connectivity index (χ0) is 15.1. The number of alkyl halides is 3. The van der Waals surface area contributed by atoms with Gasteiger partial charge in [0, 0.05) is 12.1 Å². The molecule has 3 nitrogen and oxygen atoms in total. The third kappa shape index (κ3) is 2.35. The molecule has 20 heavy (non-hydrogen) atoms. The zero-order valence-electron chi connectivity index (χ0n) is 10.9. The van der Waals surface area contributed by atoms with Gasteiger partial charge in [-0.25, -0.2) is 9.37 Å². The maximum Gasteiger partial charge on any atom is 0.419 e. The largest absolute Gasteiger partial charge is 0.419 e. The van der Waals surface area contributed by atoms with Crippen molar-refractivity contribution in [1.29, 1.82) is 0 Å². The van der Waals surface area contributed by atoms with E-state index in [0.717, 1.165) is 12.1 Å². The summed E-state index contributed by atoms with van der Waals surface area (Å²) in [7, 11) is 0. The minimum Gasteiger partial charge on any atom is -0.383 e. The third-order valence-electron chi connectivity index (χ3n) is 3.06. The van der Waals surface area contributed by atoms with Crippen LogP contribution in [-0.4, -0.2) is 9.55 Å². The molecule has 0 spiro atoms. The lowest BCUT2D eigenvalue weighted by Crippen LogP contribution is -2.08. The molecule has 7 heteroatoms. The fraction of sp³-hybridized carbons (Fsp3) is 0.308. The number of rotatable bonds is 2. The molecular formula is C13H13F4N3. The van der Waals surface area contributed by atoms with Gasteiger partial charge in [0.15, 0.2) is 0 Å². The van der Waals surface area contributed by atoms with Crippen molar-refractivity contribution in [3.8, 4) is 11.3 Å². The van der Waals surface area contributed by atoms with Gasteiger partial charge in [0.2, 0.25) is 0 Å². The lowest BCUT2D eigenvalue weighted by Gasteiger charge is -2.09. The number of hydrogen-bond donors (Lipinski definition) is 1. The van der Waals surface area contributed by atoms with Crippen LogP contribution in [0.5, 0.6) is 0 Å². The Kier molecular flexibility index (Phi) is 3.45. The SMILES string of the molecule is CCn1c(C)nc(-c2ccc(F)c(C(F)(F)F)c2)c1N. The first-order valence-corrected chi connectivity index (χ1v) is 5.95. The molecule has 0 fully saturated rings. The average Bonchev–Trinajstić information content (AvgIpc) is 2.63. The van der Waals surface area contributed by atoms with Gasteiger partial charge in [-0.1, -0.05) is 0 Å². The van der Waals surface area contributed by atoms with Crippen molar-refractivity contribution < 1.29 is 17.6 Å². The topological polar surface area (TPSA) is 43.8 Å². The quantitative estimate of drug-likeness (QED) is 0.857. The van der Waals surface area contributed by atoms with E-state index in [1.54, 1.807) is 11.5 Å². The van der Waals surface area contributed by atoms with Crippen LogP contribution in [0.4, 0.5) is 23.4 Å². The summed E-state index contributed by atoms with van der Waals surface area (Å²) >= 11 is 0. The van der Waals surface area contributed by atoms with E-state index in [2.05, 4.69) is 4.98 Å². The summed E-state index contributed by atoms with van der Waals surface area (Å²) in [6.07, 6.45) is -4.75. The van der Waals surface area contributed by atoms with E-state index in [-0.39, 0.29) is 17.1 Å². The number of nitrogen functional groups attached to an aromatic ring is 1. The number of aryl methyl sites for hydroxylation is 1. The minimum absolute atomic E-state index is 0.145. The smallest absolute Gasteiger partial charge is 0.383 e. The Morgan fingerprint density at radius 2 is 1.95 bits per heavy atom. The van der Waals surface area contributed by atoms with Gasteiger partial charge in [-0.05, 0) is 32.0 Å². The van der Waals surface area contributed by atoms with Crippen molar-refractivity contribution in [2.24, 2.45) is 0 Å². The molecule has 0 atom stereocenters. The summed E-state index contributed by atoms with van der Waals surface area (Å²) in [5.41, 5.74) is 4.92. The first kappa shape index (κ1) is 14.4. The molecule has 1 aromatic heterocycles. The Bertz CT molecular complexity index is 644. The standard InChI is InChI=1S/C13H13F4N3/c1-3-20-7(2)19-11(12(20)18)8-4-5-10(14)9(6-8)13(15,16)17/h4-6H,3,18H2,1-2H3. The van der Waals surface area contributed by atoms with Gasteiger partial charge in [0.25, 0.3) is 0 Å². The number of anilines is 1. The number of aromatic nitrogens is 2. The van der Waals surface area contributed by atoms with Crippen LogP contribution in [0.25, 0.3) is 11.3 Å². The second-order valence-electron chi connectivity index (χ2n) is 4.33. The van der Waals surface area contributed by atoms with Crippen LogP contribution in [0.15, 0.2) is 18.2 Å². The molecule has 0 saturated heterocycles. The Morgan fingerprint density at radius 1 is 1.30 bits per heavy atom. The molecule has 0 radical (unpaired) electrons. The highest BCUT2D eigenvalue weighted by molar-refractivity contribution is 5.71. The van der Waals surface area contributed by atoms with Gasteiger partial charge in [-0.15, -0.1) is 0 Å². The van der Waals surface area contributed by atoms with E-state index in [4.69, 9.17) is 5.73 Å². The van der Waals surface area contributed by atoms with Crippen LogP contribution >= 0.6 is 0 Å². The van der Waals surface area contributed by atoms with Crippen molar-refractivity contribution in [3.63, 3.8) is 0 Å². The van der Waals surface area contributed by atoms with Crippen LogP contribution < -0.4 is 5.73 Å². The molecule has 108 valence electrons. The first-order valence-electron chi connectivity index (χ1n) is 5.95. The number of nitrogens with two attached hydrogens (primary N) is 1. The van der Waals surface area contributed by atoms with E-state index >= 15 is 0 Å². The van der Waals surface area contributed by atoms with Crippen molar-refractivity contribution in [2.75, 3.05) is 5.73 Å².